The van der Waals surface area contributed by atoms with E-state index in [4.69, 9.17) is 22.1 Å². The van der Waals surface area contributed by atoms with Crippen molar-refractivity contribution in [3.8, 4) is 0 Å². The molecule has 0 unspecified atom stereocenters. The van der Waals surface area contributed by atoms with Crippen LogP contribution in [0, 0.1) is 0 Å². The number of rotatable bonds is 5. The number of carbonyl (C=O) groups is 1. The van der Waals surface area contributed by atoms with Crippen molar-refractivity contribution < 1.29 is 9.53 Å². The summed E-state index contributed by atoms with van der Waals surface area (Å²) < 4.78 is 5.22. The van der Waals surface area contributed by atoms with Gasteiger partial charge in [-0.25, -0.2) is 4.79 Å². The number of nitrogen functional groups attached to an aromatic ring is 1. The number of esters is 1. The molecule has 0 aromatic heterocycles. The molecule has 4 nitrogen and oxygen atoms in total. The molecule has 0 amide bonds. The van der Waals surface area contributed by atoms with Crippen LogP contribution < -0.4 is 5.73 Å². The van der Waals surface area contributed by atoms with Gasteiger partial charge in [0.2, 0.25) is 0 Å². The molecule has 5 heteroatoms. The van der Waals surface area contributed by atoms with Gasteiger partial charge in [0.15, 0.2) is 0 Å². The highest BCUT2D eigenvalue weighted by Crippen LogP contribution is 2.18. The quantitative estimate of drug-likeness (QED) is 0.512. The molecule has 0 atom stereocenters. The summed E-state index contributed by atoms with van der Waals surface area (Å²) in [5.74, 6) is -0.401. The van der Waals surface area contributed by atoms with Crippen molar-refractivity contribution in [1.82, 2.24) is 4.90 Å². The molecule has 104 valence electrons. The van der Waals surface area contributed by atoms with E-state index in [0.29, 0.717) is 22.9 Å². The zero-order valence-electron chi connectivity index (χ0n) is 10.9. The molecule has 1 aromatic rings. The standard InChI is InChI=1S/C14H19ClN2O2/c15-11-4-5-13(16)12(10-11)14(18)19-9-3-8-17-6-1-2-7-17/h4-5,10H,1-3,6-9,16H2. The number of nitrogens with zero attached hydrogens (tertiary/aromatic N) is 1. The minimum atomic E-state index is -0.401. The summed E-state index contributed by atoms with van der Waals surface area (Å²) >= 11 is 5.84. The van der Waals surface area contributed by atoms with E-state index in [1.807, 2.05) is 0 Å². The summed E-state index contributed by atoms with van der Waals surface area (Å²) in [7, 11) is 0. The van der Waals surface area contributed by atoms with Gasteiger partial charge in [-0.3, -0.25) is 0 Å². The summed E-state index contributed by atoms with van der Waals surface area (Å²) in [6, 6.07) is 4.81. The monoisotopic (exact) mass is 282 g/mol. The lowest BCUT2D eigenvalue weighted by Gasteiger charge is -2.14. The summed E-state index contributed by atoms with van der Waals surface area (Å²) in [6.45, 7) is 3.73. The number of hydrogen-bond acceptors (Lipinski definition) is 4. The molecule has 0 saturated carbocycles. The Hall–Kier alpha value is -1.26. The van der Waals surface area contributed by atoms with Crippen LogP contribution in [0.5, 0.6) is 0 Å². The van der Waals surface area contributed by atoms with Gasteiger partial charge in [-0.1, -0.05) is 11.6 Å². The first kappa shape index (κ1) is 14.2. The second kappa shape index (κ2) is 6.78. The van der Waals surface area contributed by atoms with E-state index in [2.05, 4.69) is 4.90 Å². The van der Waals surface area contributed by atoms with Gasteiger partial charge in [0.05, 0.1) is 12.2 Å². The number of hydrogen-bond donors (Lipinski definition) is 1. The van der Waals surface area contributed by atoms with Gasteiger partial charge in [0, 0.05) is 17.3 Å². The maximum absolute atomic E-state index is 11.8. The number of halogens is 1. The number of benzene rings is 1. The predicted octanol–water partition coefficient (Wildman–Crippen LogP) is 2.56. The molecule has 2 rings (SSSR count). The third kappa shape index (κ3) is 4.11. The Morgan fingerprint density at radius 1 is 1.37 bits per heavy atom. The molecule has 0 spiro atoms. The Morgan fingerprint density at radius 2 is 2.11 bits per heavy atom. The van der Waals surface area contributed by atoms with E-state index < -0.39 is 5.97 Å². The van der Waals surface area contributed by atoms with Crippen molar-refractivity contribution in [2.24, 2.45) is 0 Å². The fourth-order valence-corrected chi connectivity index (χ4v) is 2.41. The topological polar surface area (TPSA) is 55.6 Å². The second-order valence-corrected chi connectivity index (χ2v) is 5.21. The van der Waals surface area contributed by atoms with Crippen molar-refractivity contribution in [1.29, 1.82) is 0 Å². The van der Waals surface area contributed by atoms with Crippen LogP contribution in [0.4, 0.5) is 5.69 Å². The smallest absolute Gasteiger partial charge is 0.340 e. The van der Waals surface area contributed by atoms with Crippen molar-refractivity contribution in [2.45, 2.75) is 19.3 Å². The number of likely N-dealkylation sites (tertiary alicyclic amines) is 1. The average Bonchev–Trinajstić information content (AvgIpc) is 2.90. The summed E-state index contributed by atoms with van der Waals surface area (Å²) in [4.78, 5) is 14.2. The van der Waals surface area contributed by atoms with E-state index in [1.165, 1.54) is 12.8 Å². The van der Waals surface area contributed by atoms with Gasteiger partial charge in [0.25, 0.3) is 0 Å². The predicted molar refractivity (Wildman–Crippen MR) is 76.4 cm³/mol. The zero-order valence-corrected chi connectivity index (χ0v) is 11.7. The van der Waals surface area contributed by atoms with Crippen molar-refractivity contribution in [2.75, 3.05) is 32.0 Å². The maximum atomic E-state index is 11.8. The maximum Gasteiger partial charge on any atom is 0.340 e. The number of anilines is 1. The first-order chi connectivity index (χ1) is 9.16. The molecule has 0 radical (unpaired) electrons. The van der Waals surface area contributed by atoms with Crippen molar-refractivity contribution in [3.05, 3.63) is 28.8 Å². The van der Waals surface area contributed by atoms with Gasteiger partial charge < -0.3 is 15.4 Å². The van der Waals surface area contributed by atoms with E-state index in [9.17, 15) is 4.79 Å². The highest BCUT2D eigenvalue weighted by molar-refractivity contribution is 6.31. The van der Waals surface area contributed by atoms with Crippen LogP contribution in [0.1, 0.15) is 29.6 Å². The third-order valence-electron chi connectivity index (χ3n) is 3.29. The lowest BCUT2D eigenvalue weighted by molar-refractivity contribution is 0.0492. The molecular formula is C14H19ClN2O2. The Balaban J connectivity index is 1.75. The molecule has 0 bridgehead atoms. The Kier molecular flexibility index (Phi) is 5.05. The molecule has 1 aliphatic rings. The van der Waals surface area contributed by atoms with Crippen LogP contribution in [-0.4, -0.2) is 37.1 Å². The molecule has 1 aromatic carbocycles. The molecule has 0 aliphatic carbocycles. The molecule has 1 fully saturated rings. The van der Waals surface area contributed by atoms with Crippen LogP contribution >= 0.6 is 11.6 Å². The van der Waals surface area contributed by atoms with Gasteiger partial charge in [-0.2, -0.15) is 0 Å². The van der Waals surface area contributed by atoms with Crippen molar-refractivity contribution in [3.63, 3.8) is 0 Å². The van der Waals surface area contributed by atoms with Crippen LogP contribution in [0.25, 0.3) is 0 Å². The van der Waals surface area contributed by atoms with Crippen LogP contribution in [-0.2, 0) is 4.74 Å². The number of nitrogens with two attached hydrogens (primary N) is 1. The van der Waals surface area contributed by atoms with Gasteiger partial charge in [0.1, 0.15) is 0 Å². The first-order valence-corrected chi connectivity index (χ1v) is 6.99. The fourth-order valence-electron chi connectivity index (χ4n) is 2.24. The first-order valence-electron chi connectivity index (χ1n) is 6.61. The lowest BCUT2D eigenvalue weighted by Crippen LogP contribution is -2.22. The Bertz CT molecular complexity index is 445. The summed E-state index contributed by atoms with van der Waals surface area (Å²) in [5, 5.41) is 0.484. The molecule has 2 N–H and O–H groups in total. The van der Waals surface area contributed by atoms with Crippen LogP contribution in [0.15, 0.2) is 18.2 Å². The zero-order chi connectivity index (χ0) is 13.7. The Labute approximate surface area is 118 Å². The summed E-state index contributed by atoms with van der Waals surface area (Å²) in [5.41, 5.74) is 6.46. The van der Waals surface area contributed by atoms with Crippen LogP contribution in [0.2, 0.25) is 5.02 Å². The number of ether oxygens (including phenoxy) is 1. The SMILES string of the molecule is Nc1ccc(Cl)cc1C(=O)OCCCN1CCCC1. The van der Waals surface area contributed by atoms with Crippen LogP contribution in [0.3, 0.4) is 0 Å². The molecule has 19 heavy (non-hydrogen) atoms. The number of carbonyl (C=O) groups excluding carboxylic acids is 1. The summed E-state index contributed by atoms with van der Waals surface area (Å²) in [6.07, 6.45) is 3.41. The Morgan fingerprint density at radius 3 is 2.84 bits per heavy atom. The van der Waals surface area contributed by atoms with Crippen molar-refractivity contribution >= 4 is 23.3 Å². The minimum Gasteiger partial charge on any atom is -0.462 e. The van der Waals surface area contributed by atoms with E-state index in [-0.39, 0.29) is 0 Å². The van der Waals surface area contributed by atoms with Gasteiger partial charge >= 0.3 is 5.97 Å². The minimum absolute atomic E-state index is 0.341. The third-order valence-corrected chi connectivity index (χ3v) is 3.52. The fraction of sp³-hybridized carbons (Fsp3) is 0.500. The second-order valence-electron chi connectivity index (χ2n) is 4.77. The van der Waals surface area contributed by atoms with Gasteiger partial charge in [-0.05, 0) is 50.6 Å². The van der Waals surface area contributed by atoms with E-state index in [1.54, 1.807) is 18.2 Å². The molecular weight excluding hydrogens is 264 g/mol. The largest absolute Gasteiger partial charge is 0.462 e. The molecule has 1 heterocycles. The van der Waals surface area contributed by atoms with Gasteiger partial charge in [-0.15, -0.1) is 0 Å². The highest BCUT2D eigenvalue weighted by Gasteiger charge is 2.13. The molecule has 1 aliphatic heterocycles. The molecule has 1 saturated heterocycles. The average molecular weight is 283 g/mol. The highest BCUT2D eigenvalue weighted by atomic mass is 35.5. The lowest BCUT2D eigenvalue weighted by atomic mass is 10.2. The van der Waals surface area contributed by atoms with E-state index >= 15 is 0 Å². The normalized spacial score (nSPS) is 15.6. The van der Waals surface area contributed by atoms with E-state index in [0.717, 1.165) is 26.1 Å².